The van der Waals surface area contributed by atoms with Crippen LogP contribution in [0.2, 0.25) is 0 Å². The third kappa shape index (κ3) is 2.64. The van der Waals surface area contributed by atoms with E-state index in [2.05, 4.69) is 55.8 Å². The van der Waals surface area contributed by atoms with Gasteiger partial charge in [0, 0.05) is 29.5 Å². The number of hydrogen-bond acceptors (Lipinski definition) is 3. The first-order valence-electron chi connectivity index (χ1n) is 7.07. The number of halogens is 1. The van der Waals surface area contributed by atoms with Gasteiger partial charge in [-0.15, -0.1) is 0 Å². The first-order valence-corrected chi connectivity index (χ1v) is 7.87. The maximum atomic E-state index is 4.49. The zero-order valence-electron chi connectivity index (χ0n) is 11.1. The van der Waals surface area contributed by atoms with E-state index in [1.807, 2.05) is 0 Å². The van der Waals surface area contributed by atoms with Gasteiger partial charge in [0.25, 0.3) is 0 Å². The van der Waals surface area contributed by atoms with Gasteiger partial charge in [-0.25, -0.2) is 0 Å². The summed E-state index contributed by atoms with van der Waals surface area (Å²) < 4.78 is 1.23. The van der Waals surface area contributed by atoms with Gasteiger partial charge in [0.05, 0.1) is 0 Å². The average molecular weight is 322 g/mol. The lowest BCUT2D eigenvalue weighted by atomic mass is 9.64. The largest absolute Gasteiger partial charge is 0.356 e. The quantitative estimate of drug-likeness (QED) is 0.898. The summed E-state index contributed by atoms with van der Waals surface area (Å²) in [6, 6.07) is 8.61. The first kappa shape index (κ1) is 13.0. The van der Waals surface area contributed by atoms with Crippen molar-refractivity contribution in [1.29, 1.82) is 0 Å². The number of benzene rings is 1. The van der Waals surface area contributed by atoms with Crippen molar-refractivity contribution in [1.82, 2.24) is 10.6 Å². The summed E-state index contributed by atoms with van der Waals surface area (Å²) in [4.78, 5) is 4.49. The molecule has 1 aromatic rings. The van der Waals surface area contributed by atoms with Crippen LogP contribution < -0.4 is 10.6 Å². The molecule has 0 aromatic heterocycles. The van der Waals surface area contributed by atoms with E-state index in [-0.39, 0.29) is 5.41 Å². The maximum Gasteiger partial charge on any atom is 0.191 e. The van der Waals surface area contributed by atoms with E-state index in [9.17, 15) is 0 Å². The molecule has 1 aliphatic carbocycles. The van der Waals surface area contributed by atoms with Gasteiger partial charge in [0.1, 0.15) is 0 Å². The third-order valence-electron chi connectivity index (χ3n) is 4.25. The van der Waals surface area contributed by atoms with Crippen molar-refractivity contribution in [3.63, 3.8) is 0 Å². The highest BCUT2D eigenvalue weighted by Gasteiger charge is 2.39. The number of nitrogens with one attached hydrogen (secondary N) is 2. The summed E-state index contributed by atoms with van der Waals surface area (Å²) in [5, 5.41) is 6.84. The van der Waals surface area contributed by atoms with E-state index >= 15 is 0 Å². The van der Waals surface area contributed by atoms with Crippen molar-refractivity contribution in [2.24, 2.45) is 4.99 Å². The standard InChI is InChI=1S/C15H20BrN3/c16-13-6-2-1-5-12(13)15(7-3-8-15)11-19-14-17-9-4-10-18-14/h1-2,5-6H,3-4,7-11H2,(H2,17,18,19). The van der Waals surface area contributed by atoms with E-state index in [1.165, 1.54) is 29.3 Å². The number of nitrogens with zero attached hydrogens (tertiary/aromatic N) is 1. The molecule has 1 saturated carbocycles. The minimum atomic E-state index is 0.280. The molecule has 4 heteroatoms. The van der Waals surface area contributed by atoms with E-state index in [0.29, 0.717) is 0 Å². The molecule has 0 radical (unpaired) electrons. The Kier molecular flexibility index (Phi) is 3.78. The van der Waals surface area contributed by atoms with Gasteiger partial charge >= 0.3 is 0 Å². The molecule has 0 atom stereocenters. The number of hydrogen-bond donors (Lipinski definition) is 2. The summed E-state index contributed by atoms with van der Waals surface area (Å²) >= 11 is 3.70. The molecule has 0 unspecified atom stereocenters. The van der Waals surface area contributed by atoms with Gasteiger partial charge in [-0.1, -0.05) is 40.5 Å². The Hall–Kier alpha value is -1.03. The molecule has 1 fully saturated rings. The maximum absolute atomic E-state index is 4.49. The van der Waals surface area contributed by atoms with Crippen molar-refractivity contribution in [2.75, 3.05) is 19.6 Å². The smallest absolute Gasteiger partial charge is 0.191 e. The highest BCUT2D eigenvalue weighted by Crippen LogP contribution is 2.45. The fraction of sp³-hybridized carbons (Fsp3) is 0.533. The van der Waals surface area contributed by atoms with Crippen LogP contribution in [0, 0.1) is 0 Å². The third-order valence-corrected chi connectivity index (χ3v) is 4.94. The van der Waals surface area contributed by atoms with Crippen LogP contribution in [0.1, 0.15) is 31.2 Å². The zero-order valence-corrected chi connectivity index (χ0v) is 12.7. The van der Waals surface area contributed by atoms with E-state index in [4.69, 9.17) is 0 Å². The molecule has 2 N–H and O–H groups in total. The molecule has 102 valence electrons. The fourth-order valence-electron chi connectivity index (χ4n) is 2.94. The molecule has 0 saturated heterocycles. The fourth-order valence-corrected chi connectivity index (χ4v) is 3.65. The van der Waals surface area contributed by atoms with Crippen molar-refractivity contribution < 1.29 is 0 Å². The van der Waals surface area contributed by atoms with Crippen LogP contribution in [-0.4, -0.2) is 25.6 Å². The summed E-state index contributed by atoms with van der Waals surface area (Å²) in [5.74, 6) is 0.976. The van der Waals surface area contributed by atoms with Crippen molar-refractivity contribution in [3.05, 3.63) is 34.3 Å². The lowest BCUT2D eigenvalue weighted by Gasteiger charge is -2.43. The highest BCUT2D eigenvalue weighted by atomic mass is 79.9. The normalized spacial score (nSPS) is 21.0. The number of aliphatic imine (C=N–C) groups is 1. The Bertz CT molecular complexity index is 480. The second-order valence-corrected chi connectivity index (χ2v) is 6.33. The van der Waals surface area contributed by atoms with E-state index in [0.717, 1.165) is 32.0 Å². The minimum Gasteiger partial charge on any atom is -0.356 e. The molecular weight excluding hydrogens is 302 g/mol. The van der Waals surface area contributed by atoms with Crippen molar-refractivity contribution in [2.45, 2.75) is 31.1 Å². The summed E-state index contributed by atoms with van der Waals surface area (Å²) in [6.07, 6.45) is 4.98. The number of guanidine groups is 1. The van der Waals surface area contributed by atoms with Gasteiger partial charge < -0.3 is 10.6 Å². The Labute approximate surface area is 123 Å². The Morgan fingerprint density at radius 2 is 2.11 bits per heavy atom. The van der Waals surface area contributed by atoms with Crippen LogP contribution in [0.3, 0.4) is 0 Å². The SMILES string of the molecule is Brc1ccccc1C1(CNC2=NCCCN2)CCC1. The van der Waals surface area contributed by atoms with Gasteiger partial charge in [0.15, 0.2) is 5.96 Å². The summed E-state index contributed by atoms with van der Waals surface area (Å²) in [5.41, 5.74) is 1.71. The second-order valence-electron chi connectivity index (χ2n) is 5.48. The Balaban J connectivity index is 1.73. The molecule has 0 spiro atoms. The molecule has 3 rings (SSSR count). The van der Waals surface area contributed by atoms with Gasteiger partial charge in [-0.2, -0.15) is 0 Å². The monoisotopic (exact) mass is 321 g/mol. The van der Waals surface area contributed by atoms with Crippen LogP contribution in [0.5, 0.6) is 0 Å². The van der Waals surface area contributed by atoms with Crippen molar-refractivity contribution >= 4 is 21.9 Å². The molecule has 1 heterocycles. The molecule has 2 aliphatic rings. The second kappa shape index (κ2) is 5.53. The zero-order chi connectivity index (χ0) is 13.1. The van der Waals surface area contributed by atoms with E-state index < -0.39 is 0 Å². The molecule has 3 nitrogen and oxygen atoms in total. The molecule has 0 bridgehead atoms. The van der Waals surface area contributed by atoms with Crippen LogP contribution in [0.4, 0.5) is 0 Å². The topological polar surface area (TPSA) is 36.4 Å². The van der Waals surface area contributed by atoms with Crippen LogP contribution >= 0.6 is 15.9 Å². The molecule has 1 aromatic carbocycles. The highest BCUT2D eigenvalue weighted by molar-refractivity contribution is 9.10. The Morgan fingerprint density at radius 3 is 2.74 bits per heavy atom. The van der Waals surface area contributed by atoms with E-state index in [1.54, 1.807) is 0 Å². The first-order chi connectivity index (χ1) is 9.30. The van der Waals surface area contributed by atoms with Crippen molar-refractivity contribution in [3.8, 4) is 0 Å². The summed E-state index contributed by atoms with van der Waals surface area (Å²) in [7, 11) is 0. The average Bonchev–Trinajstić information content (AvgIpc) is 2.41. The molecule has 19 heavy (non-hydrogen) atoms. The van der Waals surface area contributed by atoms with Crippen LogP contribution in [0.25, 0.3) is 0 Å². The Morgan fingerprint density at radius 1 is 1.26 bits per heavy atom. The predicted molar refractivity (Wildman–Crippen MR) is 82.6 cm³/mol. The lowest BCUT2D eigenvalue weighted by molar-refractivity contribution is 0.242. The van der Waals surface area contributed by atoms with Gasteiger partial charge in [0.2, 0.25) is 0 Å². The number of rotatable bonds is 3. The summed E-state index contributed by atoms with van der Waals surface area (Å²) in [6.45, 7) is 2.95. The molecule has 1 aliphatic heterocycles. The van der Waals surface area contributed by atoms with Crippen LogP contribution in [0.15, 0.2) is 33.7 Å². The minimum absolute atomic E-state index is 0.280. The van der Waals surface area contributed by atoms with Crippen LogP contribution in [-0.2, 0) is 5.41 Å². The van der Waals surface area contributed by atoms with Gasteiger partial charge in [-0.05, 0) is 30.9 Å². The molecule has 0 amide bonds. The van der Waals surface area contributed by atoms with Gasteiger partial charge in [-0.3, -0.25) is 4.99 Å². The molecular formula is C15H20BrN3. The predicted octanol–water partition coefficient (Wildman–Crippen LogP) is 2.81. The lowest BCUT2D eigenvalue weighted by Crippen LogP contribution is -2.50.